The number of hydrogen-bond acceptors (Lipinski definition) is 5. The summed E-state index contributed by atoms with van der Waals surface area (Å²) >= 11 is 0. The van der Waals surface area contributed by atoms with Gasteiger partial charge in [-0.2, -0.15) is 23.3 Å². The molecule has 0 unspecified atom stereocenters. The quantitative estimate of drug-likeness (QED) is 0.208. The number of carboxylic acid groups (broad SMARTS) is 1. The molecule has 0 radical (unpaired) electrons. The molecule has 0 saturated carbocycles. The van der Waals surface area contributed by atoms with E-state index in [0.717, 1.165) is 29.0 Å². The largest absolute Gasteiger partial charge is 0.478 e. The summed E-state index contributed by atoms with van der Waals surface area (Å²) in [7, 11) is 0. The van der Waals surface area contributed by atoms with E-state index in [1.807, 2.05) is 0 Å². The zero-order valence-corrected chi connectivity index (χ0v) is 20.0. The first-order valence-corrected chi connectivity index (χ1v) is 11.2. The van der Waals surface area contributed by atoms with E-state index in [1.165, 1.54) is 13.1 Å². The smallest absolute Gasteiger partial charge is 0.435 e. The van der Waals surface area contributed by atoms with Gasteiger partial charge in [0.25, 0.3) is 0 Å². The molecule has 0 bridgehead atoms. The van der Waals surface area contributed by atoms with Crippen molar-refractivity contribution >= 4 is 23.2 Å². The van der Waals surface area contributed by atoms with Gasteiger partial charge in [-0.05, 0) is 54.3 Å². The molecular weight excluding hydrogens is 509 g/mol. The molecule has 0 amide bonds. The molecule has 7 nitrogen and oxygen atoms in total. The minimum atomic E-state index is -4.71. The van der Waals surface area contributed by atoms with Crippen LogP contribution in [-0.4, -0.2) is 30.8 Å². The molecule has 0 saturated heterocycles. The van der Waals surface area contributed by atoms with Crippen molar-refractivity contribution < 1.29 is 31.9 Å². The molecular formula is C26H20F5N5O2. The summed E-state index contributed by atoms with van der Waals surface area (Å²) in [5.74, 6) is -2.99. The molecule has 12 heteroatoms. The maximum atomic E-state index is 13.7. The van der Waals surface area contributed by atoms with Crippen molar-refractivity contribution in [3.05, 3.63) is 89.4 Å². The molecule has 0 aliphatic rings. The minimum absolute atomic E-state index is 0.0113. The molecule has 2 aromatic heterocycles. The summed E-state index contributed by atoms with van der Waals surface area (Å²) in [6, 6.07) is 10.3. The topological polar surface area (TPSA) is 92.9 Å². The highest BCUT2D eigenvalue weighted by molar-refractivity contribution is 5.90. The average Bonchev–Trinajstić information content (AvgIpc) is 3.24. The van der Waals surface area contributed by atoms with Crippen molar-refractivity contribution in [3.63, 3.8) is 0 Å². The molecule has 0 aliphatic heterocycles. The molecule has 196 valence electrons. The van der Waals surface area contributed by atoms with Crippen molar-refractivity contribution in [2.45, 2.75) is 26.4 Å². The number of aryl methyl sites for hydroxylation is 1. The maximum absolute atomic E-state index is 13.7. The van der Waals surface area contributed by atoms with Gasteiger partial charge in [0.15, 0.2) is 11.5 Å². The number of carboxylic acids is 1. The number of allylic oxidation sites excluding steroid dienone is 1. The number of alkyl halides is 3. The highest BCUT2D eigenvalue weighted by atomic mass is 19.4. The Morgan fingerprint density at radius 1 is 1.11 bits per heavy atom. The summed E-state index contributed by atoms with van der Waals surface area (Å²) in [6.45, 7) is 3.21. The van der Waals surface area contributed by atoms with Gasteiger partial charge >= 0.3 is 12.1 Å². The number of aromatic nitrogens is 4. The molecule has 2 N–H and O–H groups in total. The van der Waals surface area contributed by atoms with Gasteiger partial charge in [0.05, 0.1) is 0 Å². The fourth-order valence-corrected chi connectivity index (χ4v) is 3.81. The molecule has 2 aromatic carbocycles. The molecule has 0 atom stereocenters. The third-order valence-electron chi connectivity index (χ3n) is 5.49. The van der Waals surface area contributed by atoms with E-state index < -0.39 is 29.5 Å². The molecule has 0 aliphatic carbocycles. The predicted molar refractivity (Wildman–Crippen MR) is 130 cm³/mol. The maximum Gasteiger partial charge on any atom is 0.435 e. The Morgan fingerprint density at radius 3 is 2.42 bits per heavy atom. The van der Waals surface area contributed by atoms with Crippen molar-refractivity contribution in [3.8, 4) is 16.9 Å². The van der Waals surface area contributed by atoms with E-state index in [-0.39, 0.29) is 28.7 Å². The Hall–Kier alpha value is -4.61. The van der Waals surface area contributed by atoms with Crippen LogP contribution in [0.3, 0.4) is 0 Å². The monoisotopic (exact) mass is 529 g/mol. The second kappa shape index (κ2) is 10.4. The van der Waals surface area contributed by atoms with Gasteiger partial charge in [-0.1, -0.05) is 25.1 Å². The molecule has 4 rings (SSSR count). The Morgan fingerprint density at radius 2 is 1.82 bits per heavy atom. The van der Waals surface area contributed by atoms with Gasteiger partial charge < -0.3 is 10.4 Å². The third-order valence-corrected chi connectivity index (χ3v) is 5.49. The average molecular weight is 529 g/mol. The number of nitrogens with zero attached hydrogens (tertiary/aromatic N) is 4. The first kappa shape index (κ1) is 26.5. The van der Waals surface area contributed by atoms with Gasteiger partial charge in [0, 0.05) is 35.3 Å². The molecule has 2 heterocycles. The van der Waals surface area contributed by atoms with Crippen molar-refractivity contribution in [2.24, 2.45) is 0 Å². The van der Waals surface area contributed by atoms with Gasteiger partial charge in [-0.25, -0.2) is 23.2 Å². The van der Waals surface area contributed by atoms with Gasteiger partial charge in [-0.3, -0.25) is 0 Å². The molecule has 38 heavy (non-hydrogen) atoms. The standard InChI is InChI=1S/C26H20F5N5O2/c1-3-15(9-23(37)38)16-5-4-6-17(8-16)21-13-32-25(33-20-11-18(27)10-19(28)12-20)34-24(21)36-14(2)7-22(35-36)26(29,30)31/h4-13H,3H2,1-2H3,(H,37,38)(H,32,33,34)/b15-9+. The van der Waals surface area contributed by atoms with Crippen LogP contribution in [0.4, 0.5) is 33.6 Å². The minimum Gasteiger partial charge on any atom is -0.478 e. The first-order valence-electron chi connectivity index (χ1n) is 11.2. The Labute approximate surface area is 213 Å². The van der Waals surface area contributed by atoms with E-state index >= 15 is 0 Å². The lowest BCUT2D eigenvalue weighted by molar-refractivity contribution is -0.141. The highest BCUT2D eigenvalue weighted by Gasteiger charge is 2.35. The lowest BCUT2D eigenvalue weighted by Crippen LogP contribution is -2.10. The van der Waals surface area contributed by atoms with Gasteiger partial charge in [0.2, 0.25) is 5.95 Å². The summed E-state index contributed by atoms with van der Waals surface area (Å²) in [4.78, 5) is 19.7. The molecule has 0 fully saturated rings. The summed E-state index contributed by atoms with van der Waals surface area (Å²) in [5, 5.41) is 15.5. The van der Waals surface area contributed by atoms with Crippen LogP contribution in [0.15, 0.2) is 60.8 Å². The number of benzene rings is 2. The van der Waals surface area contributed by atoms with Crippen molar-refractivity contribution in [2.75, 3.05) is 5.32 Å². The lowest BCUT2D eigenvalue weighted by atomic mass is 9.98. The number of nitrogens with one attached hydrogen (secondary N) is 1. The molecule has 4 aromatic rings. The van der Waals surface area contributed by atoms with Crippen LogP contribution in [0, 0.1) is 18.6 Å². The Kier molecular flexibility index (Phi) is 7.24. The van der Waals surface area contributed by atoms with Crippen LogP contribution >= 0.6 is 0 Å². The molecule has 0 spiro atoms. The van der Waals surface area contributed by atoms with E-state index in [2.05, 4.69) is 20.4 Å². The van der Waals surface area contributed by atoms with E-state index in [4.69, 9.17) is 0 Å². The van der Waals surface area contributed by atoms with Crippen molar-refractivity contribution in [1.29, 1.82) is 0 Å². The Balaban J connectivity index is 1.88. The van der Waals surface area contributed by atoms with Crippen LogP contribution in [0.5, 0.6) is 0 Å². The van der Waals surface area contributed by atoms with Crippen LogP contribution in [0.25, 0.3) is 22.5 Å². The van der Waals surface area contributed by atoms with Crippen LogP contribution in [0.1, 0.15) is 30.3 Å². The summed E-state index contributed by atoms with van der Waals surface area (Å²) < 4.78 is 68.5. The van der Waals surface area contributed by atoms with Crippen LogP contribution in [0.2, 0.25) is 0 Å². The highest BCUT2D eigenvalue weighted by Crippen LogP contribution is 2.33. The Bertz CT molecular complexity index is 1530. The lowest BCUT2D eigenvalue weighted by Gasteiger charge is -2.14. The summed E-state index contributed by atoms with van der Waals surface area (Å²) in [5.41, 5.74) is 0.862. The number of hydrogen-bond donors (Lipinski definition) is 2. The van der Waals surface area contributed by atoms with Crippen molar-refractivity contribution in [1.82, 2.24) is 19.7 Å². The number of anilines is 2. The SMILES string of the molecule is CC/C(=C\C(=O)O)c1cccc(-c2cnc(Nc3cc(F)cc(F)c3)nc2-n2nc(C(F)(F)F)cc2C)c1. The number of carbonyl (C=O) groups is 1. The number of halogens is 5. The zero-order chi connectivity index (χ0) is 27.6. The first-order chi connectivity index (χ1) is 17.9. The predicted octanol–water partition coefficient (Wildman–Crippen LogP) is 6.56. The normalized spacial score (nSPS) is 12.0. The van der Waals surface area contributed by atoms with E-state index in [9.17, 15) is 31.9 Å². The number of rotatable bonds is 7. The third kappa shape index (κ3) is 5.85. The zero-order valence-electron chi connectivity index (χ0n) is 20.0. The van der Waals surface area contributed by atoms with Gasteiger partial charge in [-0.15, -0.1) is 0 Å². The fraction of sp³-hybridized carbons (Fsp3) is 0.154. The number of aliphatic carboxylic acids is 1. The second-order valence-corrected chi connectivity index (χ2v) is 8.24. The fourth-order valence-electron chi connectivity index (χ4n) is 3.81. The van der Waals surface area contributed by atoms with Crippen LogP contribution < -0.4 is 5.32 Å². The van der Waals surface area contributed by atoms with Gasteiger partial charge in [0.1, 0.15) is 11.6 Å². The second-order valence-electron chi connectivity index (χ2n) is 8.24. The summed E-state index contributed by atoms with van der Waals surface area (Å²) in [6.07, 6.45) is -1.88. The van der Waals surface area contributed by atoms with E-state index in [1.54, 1.807) is 31.2 Å². The van der Waals surface area contributed by atoms with Crippen LogP contribution in [-0.2, 0) is 11.0 Å². The van der Waals surface area contributed by atoms with E-state index in [0.29, 0.717) is 29.2 Å².